The molecule has 0 spiro atoms. The number of hydrogen-bond donors (Lipinski definition) is 1. The minimum absolute atomic E-state index is 0.328. The molecule has 20 heavy (non-hydrogen) atoms. The maximum absolute atomic E-state index is 9.43. The molecule has 0 aliphatic carbocycles. The second-order valence-corrected chi connectivity index (χ2v) is 8.21. The first-order valence-corrected chi connectivity index (χ1v) is 9.77. The van der Waals surface area contributed by atoms with Crippen LogP contribution in [0.2, 0.25) is 0 Å². The second kappa shape index (κ2) is 8.88. The zero-order valence-corrected chi connectivity index (χ0v) is 14.9. The molecule has 0 fully saturated rings. The number of thioether (sulfide) groups is 2. The quantitative estimate of drug-likeness (QED) is 0.549. The maximum Gasteiger partial charge on any atom is 0.175 e. The lowest BCUT2D eigenvalue weighted by Gasteiger charge is -2.28. The van der Waals surface area contributed by atoms with Gasteiger partial charge in [-0.2, -0.15) is 5.26 Å². The van der Waals surface area contributed by atoms with Crippen LogP contribution in [0.4, 0.5) is 0 Å². The van der Waals surface area contributed by atoms with Gasteiger partial charge in [0.25, 0.3) is 0 Å². The summed E-state index contributed by atoms with van der Waals surface area (Å²) in [6.07, 6.45) is 4.72. The molecule has 7 heteroatoms. The van der Waals surface area contributed by atoms with Crippen LogP contribution in [-0.2, 0) is 0 Å². The highest BCUT2D eigenvalue weighted by Gasteiger charge is 2.27. The van der Waals surface area contributed by atoms with Crippen molar-refractivity contribution >= 4 is 34.9 Å². The topological polar surface area (TPSA) is 61.6 Å². The molecule has 1 aromatic rings. The van der Waals surface area contributed by atoms with Gasteiger partial charge in [0.2, 0.25) is 0 Å². The summed E-state index contributed by atoms with van der Waals surface area (Å²) in [5.74, 6) is 0.978. The highest BCUT2D eigenvalue weighted by atomic mass is 32.2. The van der Waals surface area contributed by atoms with Gasteiger partial charge in [0, 0.05) is 11.8 Å². The fourth-order valence-electron chi connectivity index (χ4n) is 1.94. The van der Waals surface area contributed by atoms with Gasteiger partial charge in [-0.1, -0.05) is 41.8 Å². The minimum atomic E-state index is -0.389. The van der Waals surface area contributed by atoms with Crippen molar-refractivity contribution in [1.29, 1.82) is 5.26 Å². The third-order valence-electron chi connectivity index (χ3n) is 2.92. The number of rotatable bonds is 9. The SMILES string of the molecule is CCC(C#N)(CCCSc1nnc(SC)s1)NC(C)C. The summed E-state index contributed by atoms with van der Waals surface area (Å²) in [4.78, 5) is 0. The lowest BCUT2D eigenvalue weighted by molar-refractivity contribution is 0.341. The van der Waals surface area contributed by atoms with Crippen molar-refractivity contribution in [1.82, 2.24) is 15.5 Å². The van der Waals surface area contributed by atoms with E-state index in [1.807, 2.05) is 6.26 Å². The van der Waals surface area contributed by atoms with Crippen LogP contribution in [0.15, 0.2) is 8.68 Å². The Labute approximate surface area is 134 Å². The predicted octanol–water partition coefficient (Wildman–Crippen LogP) is 3.80. The summed E-state index contributed by atoms with van der Waals surface area (Å²) in [5, 5.41) is 21.1. The number of nitrogens with zero attached hydrogens (tertiary/aromatic N) is 3. The average Bonchev–Trinajstić information content (AvgIpc) is 2.90. The van der Waals surface area contributed by atoms with Crippen molar-refractivity contribution in [2.75, 3.05) is 12.0 Å². The molecule has 1 heterocycles. The van der Waals surface area contributed by atoms with Gasteiger partial charge in [-0.05, 0) is 39.4 Å². The Morgan fingerprint density at radius 2 is 2.10 bits per heavy atom. The van der Waals surface area contributed by atoms with Crippen LogP contribution in [0.3, 0.4) is 0 Å². The van der Waals surface area contributed by atoms with Gasteiger partial charge < -0.3 is 0 Å². The van der Waals surface area contributed by atoms with Crippen LogP contribution >= 0.6 is 34.9 Å². The second-order valence-electron chi connectivity index (χ2n) is 4.84. The van der Waals surface area contributed by atoms with Crippen molar-refractivity contribution in [3.05, 3.63) is 0 Å². The van der Waals surface area contributed by atoms with E-state index in [1.54, 1.807) is 34.9 Å². The fraction of sp³-hybridized carbons (Fsp3) is 0.769. The average molecular weight is 331 g/mol. The number of nitrogens with one attached hydrogen (secondary N) is 1. The van der Waals surface area contributed by atoms with E-state index in [0.717, 1.165) is 33.7 Å². The first kappa shape index (κ1) is 17.8. The molecule has 1 unspecified atom stereocenters. The summed E-state index contributed by atoms with van der Waals surface area (Å²) in [7, 11) is 0. The molecule has 1 aromatic heterocycles. The van der Waals surface area contributed by atoms with E-state index in [0.29, 0.717) is 6.04 Å². The van der Waals surface area contributed by atoms with Crippen LogP contribution in [0.1, 0.15) is 40.0 Å². The van der Waals surface area contributed by atoms with Crippen LogP contribution in [-0.4, -0.2) is 33.8 Å². The van der Waals surface area contributed by atoms with E-state index in [4.69, 9.17) is 0 Å². The first-order valence-electron chi connectivity index (χ1n) is 6.74. The maximum atomic E-state index is 9.43. The molecule has 1 atom stereocenters. The molecule has 4 nitrogen and oxygen atoms in total. The highest BCUT2D eigenvalue weighted by Crippen LogP contribution is 2.28. The molecular formula is C13H22N4S3. The molecule has 0 aliphatic rings. The van der Waals surface area contributed by atoms with E-state index in [-0.39, 0.29) is 5.54 Å². The normalized spacial score (nSPS) is 14.2. The fourth-order valence-corrected chi connectivity index (χ4v) is 4.39. The summed E-state index contributed by atoms with van der Waals surface area (Å²) < 4.78 is 2.03. The molecule has 0 aromatic carbocycles. The molecule has 0 saturated heterocycles. The molecule has 1 rings (SSSR count). The van der Waals surface area contributed by atoms with E-state index < -0.39 is 0 Å². The molecule has 0 saturated carbocycles. The molecular weight excluding hydrogens is 308 g/mol. The minimum Gasteiger partial charge on any atom is -0.297 e. The van der Waals surface area contributed by atoms with Crippen LogP contribution in [0, 0.1) is 11.3 Å². The van der Waals surface area contributed by atoms with Crippen molar-refractivity contribution in [2.24, 2.45) is 0 Å². The Hall–Kier alpha value is -0.290. The smallest absolute Gasteiger partial charge is 0.175 e. The van der Waals surface area contributed by atoms with E-state index >= 15 is 0 Å². The van der Waals surface area contributed by atoms with E-state index in [9.17, 15) is 5.26 Å². The van der Waals surface area contributed by atoms with Gasteiger partial charge in [0.1, 0.15) is 5.54 Å². The summed E-state index contributed by atoms with van der Waals surface area (Å²) in [6, 6.07) is 2.79. The zero-order valence-electron chi connectivity index (χ0n) is 12.5. The standard InChI is InChI=1S/C13H22N4S3/c1-5-13(9-14,15-10(2)3)7-6-8-19-12-17-16-11(18-4)20-12/h10,15H,5-8H2,1-4H3. The van der Waals surface area contributed by atoms with Crippen molar-refractivity contribution in [3.63, 3.8) is 0 Å². The number of hydrogen-bond acceptors (Lipinski definition) is 7. The van der Waals surface area contributed by atoms with Gasteiger partial charge in [-0.15, -0.1) is 10.2 Å². The van der Waals surface area contributed by atoms with Crippen molar-refractivity contribution in [3.8, 4) is 6.07 Å². The first-order chi connectivity index (χ1) is 9.55. The molecule has 0 amide bonds. The summed E-state index contributed by atoms with van der Waals surface area (Å²) in [5.41, 5.74) is -0.389. The van der Waals surface area contributed by atoms with E-state index in [2.05, 4.69) is 42.4 Å². The Balaban J connectivity index is 2.39. The third-order valence-corrected chi connectivity index (χ3v) is 6.04. The summed E-state index contributed by atoms with van der Waals surface area (Å²) in [6.45, 7) is 6.24. The van der Waals surface area contributed by atoms with Gasteiger partial charge in [-0.25, -0.2) is 0 Å². The molecule has 0 bridgehead atoms. The molecule has 0 radical (unpaired) electrons. The predicted molar refractivity (Wildman–Crippen MR) is 88.6 cm³/mol. The highest BCUT2D eigenvalue weighted by molar-refractivity contribution is 8.02. The monoisotopic (exact) mass is 330 g/mol. The molecule has 112 valence electrons. The van der Waals surface area contributed by atoms with Gasteiger partial charge >= 0.3 is 0 Å². The van der Waals surface area contributed by atoms with Gasteiger partial charge in [0.15, 0.2) is 8.68 Å². The zero-order chi connectivity index (χ0) is 15.0. The molecule has 1 N–H and O–H groups in total. The number of aromatic nitrogens is 2. The number of nitriles is 1. The van der Waals surface area contributed by atoms with Crippen LogP contribution in [0.5, 0.6) is 0 Å². The van der Waals surface area contributed by atoms with Crippen molar-refractivity contribution in [2.45, 2.75) is 60.3 Å². The van der Waals surface area contributed by atoms with Crippen LogP contribution in [0.25, 0.3) is 0 Å². The van der Waals surface area contributed by atoms with Gasteiger partial charge in [0.05, 0.1) is 6.07 Å². The van der Waals surface area contributed by atoms with Crippen molar-refractivity contribution < 1.29 is 0 Å². The van der Waals surface area contributed by atoms with Crippen LogP contribution < -0.4 is 5.32 Å². The largest absolute Gasteiger partial charge is 0.297 e. The Morgan fingerprint density at radius 1 is 1.40 bits per heavy atom. The third kappa shape index (κ3) is 5.60. The van der Waals surface area contributed by atoms with Gasteiger partial charge in [-0.3, -0.25) is 5.32 Å². The molecule has 0 aliphatic heterocycles. The Kier molecular flexibility index (Phi) is 7.88. The lowest BCUT2D eigenvalue weighted by atomic mass is 9.91. The lowest BCUT2D eigenvalue weighted by Crippen LogP contribution is -2.47. The van der Waals surface area contributed by atoms with E-state index in [1.165, 1.54) is 0 Å². The Bertz CT molecular complexity index is 441. The Morgan fingerprint density at radius 3 is 2.60 bits per heavy atom. The summed E-state index contributed by atoms with van der Waals surface area (Å²) >= 11 is 4.99.